The van der Waals surface area contributed by atoms with E-state index in [2.05, 4.69) is 48.1 Å². The minimum absolute atomic E-state index is 0.193. The average molecular weight is 233 g/mol. The summed E-state index contributed by atoms with van der Waals surface area (Å²) in [5.41, 5.74) is 0.193. The number of nitrogens with one attached hydrogen (secondary N) is 1. The fraction of sp³-hybridized carbons (Fsp3) is 0.643. The topological polar surface area (TPSA) is 28.2 Å². The maximum absolute atomic E-state index is 4.45. The molecular formula is C14H23N3. The number of rotatable bonds is 3. The molecule has 3 nitrogen and oxygen atoms in total. The summed E-state index contributed by atoms with van der Waals surface area (Å²) in [7, 11) is 0. The summed E-state index contributed by atoms with van der Waals surface area (Å²) in [4.78, 5) is 6.88. The standard InChI is InChI=1S/C14H23N3/c1-14(2,3)16-11-12-7-6-10-17(12)13-8-4-5-9-15-13/h4-5,8-9,12,16H,6-7,10-11H2,1-3H3. The normalized spacial score (nSPS) is 20.9. The van der Waals surface area contributed by atoms with Crippen molar-refractivity contribution in [2.75, 3.05) is 18.0 Å². The van der Waals surface area contributed by atoms with Crippen LogP contribution in [-0.2, 0) is 0 Å². The molecular weight excluding hydrogens is 210 g/mol. The van der Waals surface area contributed by atoms with Crippen molar-refractivity contribution in [3.8, 4) is 0 Å². The molecule has 1 aromatic heterocycles. The van der Waals surface area contributed by atoms with Crippen molar-refractivity contribution in [1.82, 2.24) is 10.3 Å². The largest absolute Gasteiger partial charge is 0.352 e. The van der Waals surface area contributed by atoms with Gasteiger partial charge in [-0.3, -0.25) is 0 Å². The lowest BCUT2D eigenvalue weighted by Crippen LogP contribution is -2.45. The number of anilines is 1. The first kappa shape index (κ1) is 12.4. The molecule has 1 aromatic rings. The van der Waals surface area contributed by atoms with Crippen LogP contribution in [0.25, 0.3) is 0 Å². The highest BCUT2D eigenvalue weighted by Crippen LogP contribution is 2.23. The van der Waals surface area contributed by atoms with E-state index in [9.17, 15) is 0 Å². The van der Waals surface area contributed by atoms with Crippen LogP contribution in [0.1, 0.15) is 33.6 Å². The molecule has 1 aliphatic rings. The summed E-state index contributed by atoms with van der Waals surface area (Å²) in [6, 6.07) is 6.73. The predicted octanol–water partition coefficient (Wildman–Crippen LogP) is 2.44. The van der Waals surface area contributed by atoms with Gasteiger partial charge in [0.2, 0.25) is 0 Å². The molecule has 0 aromatic carbocycles. The van der Waals surface area contributed by atoms with Crippen molar-refractivity contribution >= 4 is 5.82 Å². The molecule has 0 saturated carbocycles. The number of hydrogen-bond acceptors (Lipinski definition) is 3. The highest BCUT2D eigenvalue weighted by Gasteiger charge is 2.26. The lowest BCUT2D eigenvalue weighted by Gasteiger charge is -2.29. The molecule has 0 amide bonds. The van der Waals surface area contributed by atoms with Crippen LogP contribution in [0, 0.1) is 0 Å². The molecule has 0 bridgehead atoms. The maximum Gasteiger partial charge on any atom is 0.128 e. The number of hydrogen-bond donors (Lipinski definition) is 1. The van der Waals surface area contributed by atoms with Crippen LogP contribution in [0.3, 0.4) is 0 Å². The molecule has 0 spiro atoms. The quantitative estimate of drug-likeness (QED) is 0.869. The maximum atomic E-state index is 4.45. The monoisotopic (exact) mass is 233 g/mol. The molecule has 1 N–H and O–H groups in total. The molecule has 17 heavy (non-hydrogen) atoms. The summed E-state index contributed by atoms with van der Waals surface area (Å²) in [5.74, 6) is 1.12. The number of aromatic nitrogens is 1. The van der Waals surface area contributed by atoms with Crippen LogP contribution in [-0.4, -0.2) is 29.7 Å². The van der Waals surface area contributed by atoms with Gasteiger partial charge in [-0.05, 0) is 45.7 Å². The molecule has 1 atom stereocenters. The van der Waals surface area contributed by atoms with Gasteiger partial charge in [0.15, 0.2) is 0 Å². The molecule has 0 aliphatic carbocycles. The van der Waals surface area contributed by atoms with Gasteiger partial charge in [0.25, 0.3) is 0 Å². The predicted molar refractivity (Wildman–Crippen MR) is 72.4 cm³/mol. The van der Waals surface area contributed by atoms with Crippen LogP contribution >= 0.6 is 0 Å². The van der Waals surface area contributed by atoms with Gasteiger partial charge in [-0.25, -0.2) is 4.98 Å². The van der Waals surface area contributed by atoms with Crippen molar-refractivity contribution in [1.29, 1.82) is 0 Å². The molecule has 94 valence electrons. The van der Waals surface area contributed by atoms with Crippen molar-refractivity contribution in [3.05, 3.63) is 24.4 Å². The van der Waals surface area contributed by atoms with E-state index in [1.165, 1.54) is 12.8 Å². The summed E-state index contributed by atoms with van der Waals surface area (Å²) in [6.07, 6.45) is 4.41. The zero-order valence-electron chi connectivity index (χ0n) is 11.1. The Morgan fingerprint density at radius 3 is 2.88 bits per heavy atom. The van der Waals surface area contributed by atoms with E-state index < -0.39 is 0 Å². The van der Waals surface area contributed by atoms with Crippen LogP contribution in [0.4, 0.5) is 5.82 Å². The third-order valence-electron chi connectivity index (χ3n) is 3.19. The SMILES string of the molecule is CC(C)(C)NCC1CCCN1c1ccccn1. The molecule has 1 aliphatic heterocycles. The fourth-order valence-corrected chi connectivity index (χ4v) is 2.30. The summed E-state index contributed by atoms with van der Waals surface area (Å²) in [5, 5.41) is 3.59. The van der Waals surface area contributed by atoms with Gasteiger partial charge in [-0.2, -0.15) is 0 Å². The molecule has 1 saturated heterocycles. The first-order valence-corrected chi connectivity index (χ1v) is 6.49. The highest BCUT2D eigenvalue weighted by atomic mass is 15.2. The van der Waals surface area contributed by atoms with E-state index in [1.54, 1.807) is 0 Å². The van der Waals surface area contributed by atoms with Gasteiger partial charge in [0.1, 0.15) is 5.82 Å². The van der Waals surface area contributed by atoms with E-state index in [0.29, 0.717) is 6.04 Å². The van der Waals surface area contributed by atoms with Crippen LogP contribution < -0.4 is 10.2 Å². The Bertz CT molecular complexity index is 342. The van der Waals surface area contributed by atoms with Gasteiger partial charge >= 0.3 is 0 Å². The number of pyridine rings is 1. The molecule has 3 heteroatoms. The van der Waals surface area contributed by atoms with Gasteiger partial charge in [0, 0.05) is 30.9 Å². The molecule has 2 heterocycles. The van der Waals surface area contributed by atoms with Gasteiger partial charge in [-0.15, -0.1) is 0 Å². The molecule has 1 fully saturated rings. The molecule has 2 rings (SSSR count). The summed E-state index contributed by atoms with van der Waals surface area (Å²) >= 11 is 0. The zero-order chi connectivity index (χ0) is 12.3. The van der Waals surface area contributed by atoms with E-state index >= 15 is 0 Å². The Morgan fingerprint density at radius 1 is 1.41 bits per heavy atom. The van der Waals surface area contributed by atoms with E-state index in [4.69, 9.17) is 0 Å². The Morgan fingerprint density at radius 2 is 2.24 bits per heavy atom. The van der Waals surface area contributed by atoms with Crippen molar-refractivity contribution in [2.24, 2.45) is 0 Å². The Kier molecular flexibility index (Phi) is 3.67. The van der Waals surface area contributed by atoms with Crippen LogP contribution in [0.15, 0.2) is 24.4 Å². The van der Waals surface area contributed by atoms with E-state index in [0.717, 1.165) is 18.9 Å². The molecule has 0 radical (unpaired) electrons. The van der Waals surface area contributed by atoms with Crippen molar-refractivity contribution in [2.45, 2.75) is 45.2 Å². The Hall–Kier alpha value is -1.09. The smallest absolute Gasteiger partial charge is 0.128 e. The fourth-order valence-electron chi connectivity index (χ4n) is 2.30. The average Bonchev–Trinajstić information content (AvgIpc) is 2.75. The van der Waals surface area contributed by atoms with E-state index in [-0.39, 0.29) is 5.54 Å². The van der Waals surface area contributed by atoms with Gasteiger partial charge in [0.05, 0.1) is 0 Å². The lowest BCUT2D eigenvalue weighted by atomic mass is 10.1. The highest BCUT2D eigenvalue weighted by molar-refractivity contribution is 5.40. The second kappa shape index (κ2) is 5.05. The second-order valence-corrected chi connectivity index (χ2v) is 5.81. The molecule has 1 unspecified atom stereocenters. The minimum atomic E-state index is 0.193. The summed E-state index contributed by atoms with van der Waals surface area (Å²) < 4.78 is 0. The Balaban J connectivity index is 1.98. The third-order valence-corrected chi connectivity index (χ3v) is 3.19. The number of nitrogens with zero attached hydrogens (tertiary/aromatic N) is 2. The third kappa shape index (κ3) is 3.43. The summed E-state index contributed by atoms with van der Waals surface area (Å²) in [6.45, 7) is 8.82. The van der Waals surface area contributed by atoms with E-state index in [1.807, 2.05) is 12.3 Å². The van der Waals surface area contributed by atoms with Gasteiger partial charge < -0.3 is 10.2 Å². The van der Waals surface area contributed by atoms with Gasteiger partial charge in [-0.1, -0.05) is 6.07 Å². The van der Waals surface area contributed by atoms with Crippen molar-refractivity contribution in [3.63, 3.8) is 0 Å². The van der Waals surface area contributed by atoms with Crippen LogP contribution in [0.5, 0.6) is 0 Å². The first-order valence-electron chi connectivity index (χ1n) is 6.49. The first-order chi connectivity index (χ1) is 8.06. The van der Waals surface area contributed by atoms with Crippen molar-refractivity contribution < 1.29 is 0 Å². The Labute approximate surface area is 104 Å². The van der Waals surface area contributed by atoms with Crippen LogP contribution in [0.2, 0.25) is 0 Å². The second-order valence-electron chi connectivity index (χ2n) is 5.81. The zero-order valence-corrected chi connectivity index (χ0v) is 11.1. The minimum Gasteiger partial charge on any atom is -0.352 e. The lowest BCUT2D eigenvalue weighted by molar-refractivity contribution is 0.404.